The van der Waals surface area contributed by atoms with Crippen molar-refractivity contribution in [3.05, 3.63) is 18.2 Å². The molecular formula is C6H9CaCl3N3NaO2. The van der Waals surface area contributed by atoms with E-state index in [1.807, 2.05) is 0 Å². The molecule has 0 saturated carbocycles. The fraction of sp³-hybridized carbons (Fsp3) is 0.333. The molecule has 16 heavy (non-hydrogen) atoms. The van der Waals surface area contributed by atoms with Gasteiger partial charge in [-0.3, -0.25) is 4.79 Å². The van der Waals surface area contributed by atoms with Crippen molar-refractivity contribution in [3.63, 3.8) is 0 Å². The van der Waals surface area contributed by atoms with E-state index < -0.39 is 12.0 Å². The van der Waals surface area contributed by atoms with Crippen LogP contribution < -0.4 is 72.5 Å². The van der Waals surface area contributed by atoms with Crippen molar-refractivity contribution in [2.45, 2.75) is 12.5 Å². The summed E-state index contributed by atoms with van der Waals surface area (Å²) in [7, 11) is 0. The molecule has 0 aliphatic rings. The van der Waals surface area contributed by atoms with Crippen LogP contribution in [-0.2, 0) is 11.2 Å². The topological polar surface area (TPSA) is 92.0 Å². The molecule has 0 unspecified atom stereocenters. The Bertz CT molecular complexity index is 253. The molecule has 0 aliphatic carbocycles. The van der Waals surface area contributed by atoms with Crippen molar-refractivity contribution in [3.8, 4) is 0 Å². The fourth-order valence-electron chi connectivity index (χ4n) is 0.721. The van der Waals surface area contributed by atoms with E-state index in [0.717, 1.165) is 5.69 Å². The average molecular weight is 325 g/mol. The number of nitrogens with zero attached hydrogens (tertiary/aromatic N) is 1. The number of nitrogens with one attached hydrogen (secondary N) is 1. The zero-order chi connectivity index (χ0) is 8.27. The number of hydrogen-bond donors (Lipinski definition) is 3. The molecule has 0 spiro atoms. The Morgan fingerprint density at radius 2 is 2.00 bits per heavy atom. The quantitative estimate of drug-likeness (QED) is 0.482. The van der Waals surface area contributed by atoms with Gasteiger partial charge in [0, 0.05) is 18.3 Å². The Morgan fingerprint density at radius 1 is 1.50 bits per heavy atom. The van der Waals surface area contributed by atoms with Crippen LogP contribution in [0.25, 0.3) is 0 Å². The number of imidazole rings is 1. The number of carboxylic acid groups (broad SMARTS) is 1. The summed E-state index contributed by atoms with van der Waals surface area (Å²) in [5.74, 6) is -1.00. The predicted octanol–water partition coefficient (Wildman–Crippen LogP) is -13.0. The molecule has 0 radical (unpaired) electrons. The maximum atomic E-state index is 10.3. The first kappa shape index (κ1) is 30.6. The number of rotatable bonds is 3. The minimum Gasteiger partial charge on any atom is -1.00 e. The number of aromatic nitrogens is 2. The molecule has 1 aromatic heterocycles. The third kappa shape index (κ3) is 12.2. The van der Waals surface area contributed by atoms with Crippen LogP contribution in [0, 0.1) is 0 Å². The smallest absolute Gasteiger partial charge is 1.00 e. The summed E-state index contributed by atoms with van der Waals surface area (Å²) < 4.78 is 0. The van der Waals surface area contributed by atoms with Crippen LogP contribution in [0.4, 0.5) is 0 Å². The van der Waals surface area contributed by atoms with Crippen molar-refractivity contribution >= 4 is 43.7 Å². The van der Waals surface area contributed by atoms with Crippen molar-refractivity contribution in [2.75, 3.05) is 0 Å². The van der Waals surface area contributed by atoms with Gasteiger partial charge in [0.15, 0.2) is 0 Å². The van der Waals surface area contributed by atoms with E-state index in [4.69, 9.17) is 10.8 Å². The zero-order valence-corrected chi connectivity index (χ0v) is 15.1. The number of carbonyl (C=O) groups is 1. The van der Waals surface area contributed by atoms with E-state index in [0.29, 0.717) is 0 Å². The van der Waals surface area contributed by atoms with Gasteiger partial charge in [0.05, 0.1) is 6.33 Å². The third-order valence-corrected chi connectivity index (χ3v) is 1.31. The van der Waals surface area contributed by atoms with Gasteiger partial charge in [0.2, 0.25) is 0 Å². The predicted molar refractivity (Wildman–Crippen MR) is 43.7 cm³/mol. The largest absolute Gasteiger partial charge is 2.00 e. The second-order valence-electron chi connectivity index (χ2n) is 2.23. The molecule has 0 bridgehead atoms. The van der Waals surface area contributed by atoms with Gasteiger partial charge in [0.1, 0.15) is 6.04 Å². The molecule has 5 nitrogen and oxygen atoms in total. The van der Waals surface area contributed by atoms with E-state index in [1.165, 1.54) is 6.33 Å². The molecule has 1 rings (SSSR count). The van der Waals surface area contributed by atoms with Gasteiger partial charge in [-0.1, -0.05) is 0 Å². The fourth-order valence-corrected chi connectivity index (χ4v) is 0.721. The second kappa shape index (κ2) is 16.8. The monoisotopic (exact) mass is 323 g/mol. The van der Waals surface area contributed by atoms with Crippen LogP contribution in [0.3, 0.4) is 0 Å². The summed E-state index contributed by atoms with van der Waals surface area (Å²) in [4.78, 5) is 16.8. The molecule has 84 valence electrons. The SMILES string of the molecule is N[C@@H](Cc1cnc[nH]1)C(=O)O.[Ca+2].[Cl-].[Cl-].[Cl-].[Na+]. The molecule has 0 aliphatic heterocycles. The number of aliphatic carboxylic acids is 1. The summed E-state index contributed by atoms with van der Waals surface area (Å²) in [5.41, 5.74) is 6.00. The summed E-state index contributed by atoms with van der Waals surface area (Å²) in [6.45, 7) is 0. The summed E-state index contributed by atoms with van der Waals surface area (Å²) in [5, 5.41) is 8.42. The van der Waals surface area contributed by atoms with Crippen LogP contribution in [0.1, 0.15) is 5.69 Å². The molecule has 1 atom stereocenters. The third-order valence-electron chi connectivity index (χ3n) is 1.31. The molecule has 1 aromatic rings. The summed E-state index contributed by atoms with van der Waals surface area (Å²) in [6, 6.07) is -0.851. The van der Waals surface area contributed by atoms with Crippen LogP contribution >= 0.6 is 0 Å². The maximum Gasteiger partial charge on any atom is 2.00 e. The Morgan fingerprint density at radius 3 is 2.31 bits per heavy atom. The number of H-pyrrole nitrogens is 1. The van der Waals surface area contributed by atoms with Crippen LogP contribution in [-0.4, -0.2) is 64.8 Å². The van der Waals surface area contributed by atoms with Crippen molar-refractivity contribution in [1.82, 2.24) is 9.97 Å². The molecule has 0 fully saturated rings. The standard InChI is InChI=1S/C6H9N3O2.Ca.3ClH.Na/c7-5(6(10)11)1-4-2-8-3-9-4;;;;;/h2-3,5H,1,7H2,(H,8,9)(H,10,11);;3*1H;/q;+2;;;;+1/p-3/t5-;;;;;/m0...../s1. The Kier molecular flexibility index (Phi) is 32.1. The molecule has 0 aromatic carbocycles. The second-order valence-corrected chi connectivity index (χ2v) is 2.23. The zero-order valence-electron chi connectivity index (χ0n) is 8.66. The first-order valence-corrected chi connectivity index (χ1v) is 3.16. The van der Waals surface area contributed by atoms with E-state index in [9.17, 15) is 4.79 Å². The number of carboxylic acids is 1. The van der Waals surface area contributed by atoms with Crippen molar-refractivity contribution in [1.29, 1.82) is 0 Å². The number of aromatic amines is 1. The normalized spacial score (nSPS) is 8.81. The first-order valence-electron chi connectivity index (χ1n) is 3.16. The van der Waals surface area contributed by atoms with Gasteiger partial charge in [-0.15, -0.1) is 0 Å². The molecule has 1 heterocycles. The van der Waals surface area contributed by atoms with Crippen molar-refractivity contribution in [2.24, 2.45) is 5.73 Å². The maximum absolute atomic E-state index is 10.3. The number of nitrogens with two attached hydrogens (primary N) is 1. The minimum atomic E-state index is -1.00. The van der Waals surface area contributed by atoms with E-state index in [1.54, 1.807) is 6.20 Å². The van der Waals surface area contributed by atoms with Gasteiger partial charge in [-0.05, 0) is 0 Å². The Hall–Kier alpha value is 1.77. The number of halogens is 3. The minimum absolute atomic E-state index is 0. The Balaban J connectivity index is -0.0000000807. The van der Waals surface area contributed by atoms with Crippen LogP contribution in [0.15, 0.2) is 12.5 Å². The summed E-state index contributed by atoms with van der Waals surface area (Å²) in [6.07, 6.45) is 3.34. The van der Waals surface area contributed by atoms with Crippen molar-refractivity contribution < 1.29 is 76.7 Å². The Labute approximate surface area is 164 Å². The van der Waals surface area contributed by atoms with E-state index in [-0.39, 0.29) is 111 Å². The van der Waals surface area contributed by atoms with Gasteiger partial charge in [0.25, 0.3) is 0 Å². The van der Waals surface area contributed by atoms with Gasteiger partial charge in [-0.2, -0.15) is 0 Å². The first-order chi connectivity index (χ1) is 5.20. The summed E-state index contributed by atoms with van der Waals surface area (Å²) >= 11 is 0. The molecule has 4 N–H and O–H groups in total. The number of hydrogen-bond acceptors (Lipinski definition) is 3. The molecule has 10 heteroatoms. The van der Waals surface area contributed by atoms with Gasteiger partial charge in [-0.25, -0.2) is 4.98 Å². The van der Waals surface area contributed by atoms with Gasteiger partial charge < -0.3 is 53.0 Å². The molecule has 0 amide bonds. The van der Waals surface area contributed by atoms with Gasteiger partial charge >= 0.3 is 73.3 Å². The average Bonchev–Trinajstić information content (AvgIpc) is 2.39. The van der Waals surface area contributed by atoms with Crippen LogP contribution in [0.5, 0.6) is 0 Å². The van der Waals surface area contributed by atoms with Crippen LogP contribution in [0.2, 0.25) is 0 Å². The van der Waals surface area contributed by atoms with E-state index >= 15 is 0 Å². The van der Waals surface area contributed by atoms with E-state index in [2.05, 4.69) is 9.97 Å². The molecular weight excluding hydrogens is 316 g/mol. The molecule has 0 saturated heterocycles.